The Labute approximate surface area is 156 Å². The number of aliphatic hydroxyl groups excluding tert-OH is 6. The summed E-state index contributed by atoms with van der Waals surface area (Å²) < 4.78 is 16.1. The van der Waals surface area contributed by atoms with Crippen LogP contribution in [0, 0.1) is 5.92 Å². The highest BCUT2D eigenvalue weighted by Gasteiger charge is 2.50. The smallest absolute Gasteiger partial charge is 0.217 e. The van der Waals surface area contributed by atoms with Gasteiger partial charge in [0, 0.05) is 26.6 Å². The molecule has 11 heteroatoms. The lowest BCUT2D eigenvalue weighted by atomic mass is 9.79. The first-order valence-corrected chi connectivity index (χ1v) is 8.79. The molecule has 158 valence electrons. The number of carbonyl (C=O) groups is 1. The molecule has 0 bridgehead atoms. The van der Waals surface area contributed by atoms with Crippen LogP contribution in [0.25, 0.3) is 0 Å². The zero-order chi connectivity index (χ0) is 20.3. The largest absolute Gasteiger partial charge is 0.396 e. The number of hydrogen-bond donors (Lipinski definition) is 7. The molecule has 0 unspecified atom stereocenters. The molecule has 1 saturated carbocycles. The second-order valence-corrected chi connectivity index (χ2v) is 6.97. The van der Waals surface area contributed by atoms with Crippen molar-refractivity contribution >= 4 is 5.91 Å². The van der Waals surface area contributed by atoms with Crippen LogP contribution in [0.3, 0.4) is 0 Å². The van der Waals surface area contributed by atoms with E-state index in [0.29, 0.717) is 0 Å². The number of methoxy groups -OCH3 is 1. The van der Waals surface area contributed by atoms with Crippen molar-refractivity contribution in [3.8, 4) is 0 Å². The third kappa shape index (κ3) is 4.75. The minimum atomic E-state index is -1.43. The molecule has 27 heavy (non-hydrogen) atoms. The van der Waals surface area contributed by atoms with Gasteiger partial charge in [0.15, 0.2) is 6.29 Å². The van der Waals surface area contributed by atoms with Crippen LogP contribution in [0.2, 0.25) is 0 Å². The Hall–Kier alpha value is -0.890. The predicted molar refractivity (Wildman–Crippen MR) is 88.2 cm³/mol. The molecule has 2 aliphatic rings. The minimum Gasteiger partial charge on any atom is -0.396 e. The van der Waals surface area contributed by atoms with Crippen molar-refractivity contribution in [2.45, 2.75) is 68.4 Å². The molecule has 7 N–H and O–H groups in total. The Balaban J connectivity index is 2.24. The van der Waals surface area contributed by atoms with E-state index in [4.69, 9.17) is 14.2 Å². The molecule has 0 aromatic rings. The van der Waals surface area contributed by atoms with Crippen LogP contribution in [0.4, 0.5) is 0 Å². The first-order chi connectivity index (χ1) is 12.7. The van der Waals surface area contributed by atoms with Gasteiger partial charge in [-0.05, 0) is 6.42 Å². The number of carbonyl (C=O) groups excluding carboxylic acids is 1. The summed E-state index contributed by atoms with van der Waals surface area (Å²) in [7, 11) is 1.28. The number of aliphatic hydroxyl groups is 6. The molecule has 0 spiro atoms. The molecule has 0 aromatic carbocycles. The predicted octanol–water partition coefficient (Wildman–Crippen LogP) is -3.94. The lowest BCUT2D eigenvalue weighted by Gasteiger charge is -2.47. The van der Waals surface area contributed by atoms with Gasteiger partial charge >= 0.3 is 0 Å². The van der Waals surface area contributed by atoms with Gasteiger partial charge in [0.2, 0.25) is 5.91 Å². The monoisotopic (exact) mass is 395 g/mol. The Morgan fingerprint density at radius 2 is 1.74 bits per heavy atom. The average Bonchev–Trinajstić information content (AvgIpc) is 2.64. The summed E-state index contributed by atoms with van der Waals surface area (Å²) in [5.74, 6) is -1.20. The maximum absolute atomic E-state index is 11.5. The van der Waals surface area contributed by atoms with Crippen molar-refractivity contribution in [1.29, 1.82) is 0 Å². The van der Waals surface area contributed by atoms with Gasteiger partial charge in [-0.3, -0.25) is 4.79 Å². The summed E-state index contributed by atoms with van der Waals surface area (Å²) in [6, 6.07) is -1.03. The van der Waals surface area contributed by atoms with Gasteiger partial charge in [-0.2, -0.15) is 0 Å². The third-order valence-electron chi connectivity index (χ3n) is 5.13. The molecule has 1 aliphatic heterocycles. The van der Waals surface area contributed by atoms with E-state index >= 15 is 0 Å². The minimum absolute atomic E-state index is 0.0535. The van der Waals surface area contributed by atoms with Crippen molar-refractivity contribution in [3.63, 3.8) is 0 Å². The zero-order valence-electron chi connectivity index (χ0n) is 15.2. The molecular formula is C16H29NO10. The van der Waals surface area contributed by atoms with Crippen molar-refractivity contribution in [3.05, 3.63) is 0 Å². The molecule has 1 aliphatic carbocycles. The van der Waals surface area contributed by atoms with Crippen molar-refractivity contribution in [1.82, 2.24) is 5.32 Å². The van der Waals surface area contributed by atoms with Crippen LogP contribution in [0.1, 0.15) is 13.3 Å². The number of amides is 1. The fourth-order valence-electron chi connectivity index (χ4n) is 3.64. The van der Waals surface area contributed by atoms with Crippen molar-refractivity contribution in [2.75, 3.05) is 20.3 Å². The lowest BCUT2D eigenvalue weighted by Crippen LogP contribution is -2.65. The highest BCUT2D eigenvalue weighted by atomic mass is 16.7. The highest BCUT2D eigenvalue weighted by molar-refractivity contribution is 5.73. The van der Waals surface area contributed by atoms with E-state index in [-0.39, 0.29) is 6.42 Å². The van der Waals surface area contributed by atoms with Gasteiger partial charge in [0.1, 0.15) is 30.5 Å². The normalized spacial score (nSPS) is 45.5. The van der Waals surface area contributed by atoms with E-state index in [1.165, 1.54) is 14.0 Å². The van der Waals surface area contributed by atoms with E-state index in [2.05, 4.69) is 5.32 Å². The van der Waals surface area contributed by atoms with E-state index in [1.54, 1.807) is 0 Å². The second-order valence-electron chi connectivity index (χ2n) is 6.97. The van der Waals surface area contributed by atoms with Gasteiger partial charge in [-0.25, -0.2) is 0 Å². The lowest BCUT2D eigenvalue weighted by molar-refractivity contribution is -0.311. The number of nitrogens with one attached hydrogen (secondary N) is 1. The Morgan fingerprint density at radius 3 is 2.26 bits per heavy atom. The topological polar surface area (TPSA) is 178 Å². The van der Waals surface area contributed by atoms with Crippen molar-refractivity contribution in [2.24, 2.45) is 5.92 Å². The number of hydrogen-bond acceptors (Lipinski definition) is 10. The molecule has 1 amide bonds. The summed E-state index contributed by atoms with van der Waals surface area (Å²) >= 11 is 0. The summed E-state index contributed by atoms with van der Waals surface area (Å²) in [5.41, 5.74) is 0. The maximum Gasteiger partial charge on any atom is 0.217 e. The molecule has 0 radical (unpaired) electrons. The van der Waals surface area contributed by atoms with Gasteiger partial charge < -0.3 is 50.2 Å². The fourth-order valence-corrected chi connectivity index (χ4v) is 3.64. The van der Waals surface area contributed by atoms with E-state index in [1.807, 2.05) is 0 Å². The Morgan fingerprint density at radius 1 is 1.07 bits per heavy atom. The standard InChI is InChI=1S/C16H29NO10/c1-6(20)17-10-8(3-7(4-18)11(21)13(10)23)26-15-12(22)9(5-19)27-16(25-2)14(15)24/h7-16,18-19,21-24H,3-5H2,1-2H3,(H,17,20)/t7-,8-,9+,10+,11-,12-,13-,14+,15-,16+/m1/s1. The van der Waals surface area contributed by atoms with Crippen LogP contribution in [0.5, 0.6) is 0 Å². The van der Waals surface area contributed by atoms with E-state index < -0.39 is 80.1 Å². The van der Waals surface area contributed by atoms with Crippen LogP contribution in [-0.4, -0.2) is 112 Å². The molecule has 11 nitrogen and oxygen atoms in total. The molecule has 1 saturated heterocycles. The third-order valence-corrected chi connectivity index (χ3v) is 5.13. The highest BCUT2D eigenvalue weighted by Crippen LogP contribution is 2.32. The number of ether oxygens (including phenoxy) is 3. The van der Waals surface area contributed by atoms with Gasteiger partial charge in [-0.15, -0.1) is 0 Å². The number of rotatable bonds is 6. The Bertz CT molecular complexity index is 478. The fraction of sp³-hybridized carbons (Fsp3) is 0.938. The van der Waals surface area contributed by atoms with Gasteiger partial charge in [-0.1, -0.05) is 0 Å². The van der Waals surface area contributed by atoms with Gasteiger partial charge in [0.25, 0.3) is 0 Å². The van der Waals surface area contributed by atoms with E-state index in [0.717, 1.165) is 0 Å². The van der Waals surface area contributed by atoms with Crippen LogP contribution in [0.15, 0.2) is 0 Å². The van der Waals surface area contributed by atoms with Gasteiger partial charge in [0.05, 0.1) is 24.9 Å². The summed E-state index contributed by atoms with van der Waals surface area (Å²) in [4.78, 5) is 11.5. The summed E-state index contributed by atoms with van der Waals surface area (Å²) in [5, 5.41) is 62.5. The molecule has 1 heterocycles. The molecule has 10 atom stereocenters. The first kappa shape index (κ1) is 22.4. The summed E-state index contributed by atoms with van der Waals surface area (Å²) in [6.07, 6.45) is -9.92. The Kier molecular flexibility index (Phi) is 7.92. The first-order valence-electron chi connectivity index (χ1n) is 8.79. The van der Waals surface area contributed by atoms with Crippen LogP contribution in [-0.2, 0) is 19.0 Å². The quantitative estimate of drug-likeness (QED) is 0.235. The zero-order valence-corrected chi connectivity index (χ0v) is 15.2. The SMILES string of the molecule is CO[C@H]1O[C@@H](CO)[C@@H](O)[C@@H](O[C@@H]2C[C@H](CO)[C@@H](O)[C@H](O)[C@H]2NC(C)=O)[C@@H]1O. The summed E-state index contributed by atoms with van der Waals surface area (Å²) in [6.45, 7) is 0.257. The van der Waals surface area contributed by atoms with Crippen molar-refractivity contribution < 1.29 is 49.6 Å². The molecule has 0 aromatic heterocycles. The van der Waals surface area contributed by atoms with Crippen LogP contribution < -0.4 is 5.32 Å². The second kappa shape index (κ2) is 9.54. The molecule has 2 fully saturated rings. The van der Waals surface area contributed by atoms with E-state index in [9.17, 15) is 35.4 Å². The van der Waals surface area contributed by atoms with Crippen LogP contribution >= 0.6 is 0 Å². The molecular weight excluding hydrogens is 366 g/mol. The maximum atomic E-state index is 11.5. The average molecular weight is 395 g/mol. The molecule has 2 rings (SSSR count).